The van der Waals surface area contributed by atoms with Crippen molar-refractivity contribution in [2.45, 2.75) is 19.5 Å². The normalized spacial score (nSPS) is 12.5. The molecule has 0 saturated carbocycles. The highest BCUT2D eigenvalue weighted by Gasteiger charge is 2.16. The summed E-state index contributed by atoms with van der Waals surface area (Å²) in [6.07, 6.45) is 0.697. The number of nitrogens with zero attached hydrogens (tertiary/aromatic N) is 2. The zero-order valence-electron chi connectivity index (χ0n) is 12.9. The molecule has 1 heterocycles. The number of carbonyl (C=O) groups is 1. The van der Waals surface area contributed by atoms with Crippen LogP contribution in [-0.4, -0.2) is 29.1 Å². The van der Waals surface area contributed by atoms with Crippen molar-refractivity contribution >= 4 is 39.6 Å². The Hall–Kier alpha value is -2.24. The molecule has 1 atom stereocenters. The fourth-order valence-electron chi connectivity index (χ4n) is 2.48. The third-order valence-electron chi connectivity index (χ3n) is 3.75. The molecule has 1 amide bonds. The summed E-state index contributed by atoms with van der Waals surface area (Å²) in [6.45, 7) is 2.00. The van der Waals surface area contributed by atoms with Crippen molar-refractivity contribution in [3.8, 4) is 0 Å². The molecule has 2 aromatic carbocycles. The maximum absolute atomic E-state index is 12.6. The first-order chi connectivity index (χ1) is 11.1. The predicted octanol–water partition coefficient (Wildman–Crippen LogP) is 3.12. The molecule has 0 radical (unpaired) electrons. The summed E-state index contributed by atoms with van der Waals surface area (Å²) in [7, 11) is 1.81. The van der Waals surface area contributed by atoms with Crippen molar-refractivity contribution < 1.29 is 4.79 Å². The third-order valence-corrected chi connectivity index (χ3v) is 4.06. The molecule has 1 aromatic heterocycles. The molecule has 0 spiro atoms. The van der Waals surface area contributed by atoms with Crippen LogP contribution in [-0.2, 0) is 0 Å². The van der Waals surface area contributed by atoms with Crippen LogP contribution < -0.4 is 10.6 Å². The lowest BCUT2D eigenvalue weighted by Gasteiger charge is -2.16. The van der Waals surface area contributed by atoms with E-state index < -0.39 is 0 Å². The van der Waals surface area contributed by atoms with Crippen molar-refractivity contribution in [1.82, 2.24) is 20.6 Å². The number of fused-ring (bicyclic) bond motifs is 2. The van der Waals surface area contributed by atoms with Gasteiger partial charge in [-0.3, -0.25) is 4.79 Å². The number of hydrogen-bond donors (Lipinski definition) is 2. The summed E-state index contributed by atoms with van der Waals surface area (Å²) in [4.78, 5) is 21.7. The van der Waals surface area contributed by atoms with Gasteiger partial charge < -0.3 is 10.6 Å². The number of hydrogen-bond acceptors (Lipinski definition) is 4. The van der Waals surface area contributed by atoms with Gasteiger partial charge in [0.15, 0.2) is 0 Å². The Bertz CT molecular complexity index is 877. The largest absolute Gasteiger partial charge is 0.337 e. The van der Waals surface area contributed by atoms with Crippen molar-refractivity contribution in [1.29, 1.82) is 0 Å². The van der Waals surface area contributed by atoms with Gasteiger partial charge in [-0.05, 0) is 37.7 Å². The first kappa shape index (κ1) is 15.6. The number of para-hydroxylation sites is 2. The number of carbonyl (C=O) groups excluding carboxylic acids is 1. The second-order valence-corrected chi connectivity index (χ2v) is 5.63. The lowest BCUT2D eigenvalue weighted by Crippen LogP contribution is -2.43. The summed E-state index contributed by atoms with van der Waals surface area (Å²) in [5, 5.41) is 6.51. The van der Waals surface area contributed by atoms with Crippen LogP contribution in [0.2, 0.25) is 5.02 Å². The molecule has 1 unspecified atom stereocenters. The Morgan fingerprint density at radius 1 is 1.13 bits per heavy atom. The summed E-state index contributed by atoms with van der Waals surface area (Å²) < 4.78 is 0. The van der Waals surface area contributed by atoms with Gasteiger partial charge in [0, 0.05) is 0 Å². The number of rotatable bonds is 4. The number of halogens is 1. The van der Waals surface area contributed by atoms with Crippen molar-refractivity contribution in [3.63, 3.8) is 0 Å². The lowest BCUT2D eigenvalue weighted by atomic mass is 10.1. The molecule has 5 nitrogen and oxygen atoms in total. The molecule has 0 saturated heterocycles. The van der Waals surface area contributed by atoms with E-state index in [1.54, 1.807) is 12.1 Å². The summed E-state index contributed by atoms with van der Waals surface area (Å²) >= 11 is 6.21. The highest BCUT2D eigenvalue weighted by atomic mass is 35.5. The van der Waals surface area contributed by atoms with Crippen LogP contribution in [0.5, 0.6) is 0 Å². The maximum atomic E-state index is 12.6. The summed E-state index contributed by atoms with van der Waals surface area (Å²) in [5.41, 5.74) is 3.03. The van der Waals surface area contributed by atoms with Gasteiger partial charge in [0.05, 0.1) is 27.8 Å². The van der Waals surface area contributed by atoms with Gasteiger partial charge in [-0.1, -0.05) is 30.7 Å². The lowest BCUT2D eigenvalue weighted by molar-refractivity contribution is 0.0931. The van der Waals surface area contributed by atoms with E-state index >= 15 is 0 Å². The minimum Gasteiger partial charge on any atom is -0.337 e. The van der Waals surface area contributed by atoms with Gasteiger partial charge in [0.1, 0.15) is 11.0 Å². The number of aromatic nitrogens is 2. The fourth-order valence-corrected chi connectivity index (χ4v) is 2.69. The Morgan fingerprint density at radius 2 is 1.83 bits per heavy atom. The van der Waals surface area contributed by atoms with E-state index in [4.69, 9.17) is 11.6 Å². The second-order valence-electron chi connectivity index (χ2n) is 5.23. The molecule has 23 heavy (non-hydrogen) atoms. The minimum absolute atomic E-state index is 0.0882. The van der Waals surface area contributed by atoms with E-state index in [0.29, 0.717) is 32.7 Å². The van der Waals surface area contributed by atoms with E-state index in [1.807, 2.05) is 38.2 Å². The third kappa shape index (κ3) is 2.98. The van der Waals surface area contributed by atoms with E-state index in [-0.39, 0.29) is 12.1 Å². The average molecular weight is 329 g/mol. The van der Waals surface area contributed by atoms with Crippen LogP contribution in [0.25, 0.3) is 22.1 Å². The zero-order chi connectivity index (χ0) is 16.4. The quantitative estimate of drug-likeness (QED) is 0.570. The van der Waals surface area contributed by atoms with Crippen LogP contribution >= 0.6 is 11.6 Å². The Labute approximate surface area is 139 Å². The molecule has 3 aromatic rings. The molecule has 6 heteroatoms. The number of benzene rings is 2. The summed E-state index contributed by atoms with van der Waals surface area (Å²) in [5.74, 6) is -0.183. The molecule has 0 bridgehead atoms. The van der Waals surface area contributed by atoms with Gasteiger partial charge in [0.25, 0.3) is 5.91 Å². The van der Waals surface area contributed by atoms with Crippen molar-refractivity contribution in [2.24, 2.45) is 0 Å². The van der Waals surface area contributed by atoms with Gasteiger partial charge in [-0.2, -0.15) is 0 Å². The number of amides is 1. The van der Waals surface area contributed by atoms with Crippen LogP contribution in [0.3, 0.4) is 0 Å². The Kier molecular flexibility index (Phi) is 4.41. The smallest absolute Gasteiger partial charge is 0.254 e. The molecule has 3 rings (SSSR count). The van der Waals surface area contributed by atoms with E-state index in [0.717, 1.165) is 6.42 Å². The molecule has 0 aliphatic heterocycles. The minimum atomic E-state index is -0.183. The van der Waals surface area contributed by atoms with Crippen LogP contribution in [0, 0.1) is 0 Å². The maximum Gasteiger partial charge on any atom is 0.254 e. The highest BCUT2D eigenvalue weighted by Crippen LogP contribution is 2.24. The van der Waals surface area contributed by atoms with Crippen LogP contribution in [0.1, 0.15) is 23.7 Å². The van der Waals surface area contributed by atoms with Crippen LogP contribution in [0.15, 0.2) is 36.4 Å². The SMILES string of the molecule is CCC(NC)NC(=O)c1cccc2nc3cccc(Cl)c3nc12. The molecule has 118 valence electrons. The molecule has 0 aliphatic rings. The van der Waals surface area contributed by atoms with Gasteiger partial charge >= 0.3 is 0 Å². The highest BCUT2D eigenvalue weighted by molar-refractivity contribution is 6.35. The van der Waals surface area contributed by atoms with E-state index in [1.165, 1.54) is 0 Å². The van der Waals surface area contributed by atoms with Crippen molar-refractivity contribution in [2.75, 3.05) is 7.05 Å². The molecular weight excluding hydrogens is 312 g/mol. The Balaban J connectivity index is 2.14. The van der Waals surface area contributed by atoms with Gasteiger partial charge in [-0.25, -0.2) is 9.97 Å². The molecular formula is C17H17ClN4O. The van der Waals surface area contributed by atoms with Crippen LogP contribution in [0.4, 0.5) is 0 Å². The first-order valence-corrected chi connectivity index (χ1v) is 7.85. The fraction of sp³-hybridized carbons (Fsp3) is 0.235. The van der Waals surface area contributed by atoms with E-state index in [9.17, 15) is 4.79 Å². The predicted molar refractivity (Wildman–Crippen MR) is 92.7 cm³/mol. The molecule has 0 fully saturated rings. The molecule has 0 aliphatic carbocycles. The topological polar surface area (TPSA) is 66.9 Å². The van der Waals surface area contributed by atoms with Gasteiger partial charge in [-0.15, -0.1) is 0 Å². The first-order valence-electron chi connectivity index (χ1n) is 7.47. The van der Waals surface area contributed by atoms with Crippen molar-refractivity contribution in [3.05, 3.63) is 47.0 Å². The zero-order valence-corrected chi connectivity index (χ0v) is 13.7. The second kappa shape index (κ2) is 6.48. The average Bonchev–Trinajstić information content (AvgIpc) is 2.57. The Morgan fingerprint density at radius 3 is 2.52 bits per heavy atom. The standard InChI is InChI=1S/C17H17ClN4O/c1-3-14(19-2)21-17(23)10-6-4-8-12-15(10)22-16-11(18)7-5-9-13(16)20-12/h4-9,14,19H,3H2,1-2H3,(H,21,23). The van der Waals surface area contributed by atoms with E-state index in [2.05, 4.69) is 20.6 Å². The number of nitrogens with one attached hydrogen (secondary N) is 2. The monoisotopic (exact) mass is 328 g/mol. The van der Waals surface area contributed by atoms with Gasteiger partial charge in [0.2, 0.25) is 0 Å². The molecule has 2 N–H and O–H groups in total. The summed E-state index contributed by atoms with van der Waals surface area (Å²) in [6, 6.07) is 10.9.